The molecular formula is C12H9BrO3S. The van der Waals surface area contributed by atoms with E-state index in [1.807, 2.05) is 25.1 Å². The molecule has 0 atom stereocenters. The summed E-state index contributed by atoms with van der Waals surface area (Å²) in [5.74, 6) is 0.332. The number of rotatable bonds is 3. The summed E-state index contributed by atoms with van der Waals surface area (Å²) in [7, 11) is 0. The minimum Gasteiger partial charge on any atom is -0.477 e. The van der Waals surface area contributed by atoms with Crippen LogP contribution in [0, 0.1) is 6.92 Å². The van der Waals surface area contributed by atoms with Crippen molar-refractivity contribution in [3.8, 4) is 11.5 Å². The van der Waals surface area contributed by atoms with Crippen LogP contribution in [0.15, 0.2) is 34.1 Å². The van der Waals surface area contributed by atoms with Gasteiger partial charge in [0.15, 0.2) is 0 Å². The average Bonchev–Trinajstić information content (AvgIpc) is 2.72. The van der Waals surface area contributed by atoms with Crippen molar-refractivity contribution < 1.29 is 14.6 Å². The van der Waals surface area contributed by atoms with Crippen molar-refractivity contribution in [2.24, 2.45) is 0 Å². The number of aromatic carboxylic acids is 1. The van der Waals surface area contributed by atoms with Gasteiger partial charge in [-0.1, -0.05) is 22.0 Å². The molecule has 0 spiro atoms. The molecule has 1 heterocycles. The summed E-state index contributed by atoms with van der Waals surface area (Å²) < 4.78 is 6.56. The lowest BCUT2D eigenvalue weighted by Crippen LogP contribution is -1.90. The minimum atomic E-state index is -0.934. The molecule has 0 amide bonds. The van der Waals surface area contributed by atoms with E-state index in [0.29, 0.717) is 11.5 Å². The second-order valence-corrected chi connectivity index (χ2v) is 5.29. The molecule has 0 saturated heterocycles. The molecule has 2 aromatic rings. The Morgan fingerprint density at radius 1 is 1.41 bits per heavy atom. The molecule has 0 aliphatic rings. The minimum absolute atomic E-state index is 0.271. The number of carboxylic acids is 1. The second kappa shape index (κ2) is 4.89. The van der Waals surface area contributed by atoms with Gasteiger partial charge >= 0.3 is 5.97 Å². The van der Waals surface area contributed by atoms with Crippen LogP contribution in [0.3, 0.4) is 0 Å². The molecule has 0 radical (unpaired) electrons. The number of carbonyl (C=O) groups is 1. The number of thiophene rings is 1. The lowest BCUT2D eigenvalue weighted by Gasteiger charge is -2.06. The Morgan fingerprint density at radius 2 is 2.18 bits per heavy atom. The summed E-state index contributed by atoms with van der Waals surface area (Å²) in [6.07, 6.45) is 0. The summed E-state index contributed by atoms with van der Waals surface area (Å²) in [4.78, 5) is 11.0. The smallest absolute Gasteiger partial charge is 0.346 e. The van der Waals surface area contributed by atoms with Crippen molar-refractivity contribution >= 4 is 33.2 Å². The van der Waals surface area contributed by atoms with Crippen molar-refractivity contribution in [1.82, 2.24) is 0 Å². The van der Waals surface area contributed by atoms with Crippen molar-refractivity contribution in [3.05, 3.63) is 44.6 Å². The molecule has 2 rings (SSSR count). The molecule has 0 unspecified atom stereocenters. The zero-order valence-corrected chi connectivity index (χ0v) is 11.3. The highest BCUT2D eigenvalue weighted by atomic mass is 79.9. The van der Waals surface area contributed by atoms with Gasteiger partial charge in [-0.05, 0) is 24.6 Å². The third kappa shape index (κ3) is 2.87. The van der Waals surface area contributed by atoms with E-state index < -0.39 is 5.97 Å². The van der Waals surface area contributed by atoms with E-state index in [0.717, 1.165) is 21.4 Å². The lowest BCUT2D eigenvalue weighted by atomic mass is 10.2. The van der Waals surface area contributed by atoms with E-state index in [1.165, 1.54) is 6.07 Å². The van der Waals surface area contributed by atoms with E-state index in [4.69, 9.17) is 9.84 Å². The molecule has 0 aliphatic heterocycles. The van der Waals surface area contributed by atoms with Gasteiger partial charge in [0.05, 0.1) is 0 Å². The summed E-state index contributed by atoms with van der Waals surface area (Å²) in [5.41, 5.74) is 0.997. The number of hydrogen-bond acceptors (Lipinski definition) is 3. The van der Waals surface area contributed by atoms with Gasteiger partial charge in [-0.15, -0.1) is 11.3 Å². The quantitative estimate of drug-likeness (QED) is 0.918. The number of hydrogen-bond donors (Lipinski definition) is 1. The highest BCUT2D eigenvalue weighted by Gasteiger charge is 2.09. The van der Waals surface area contributed by atoms with Gasteiger partial charge in [0.25, 0.3) is 0 Å². The zero-order chi connectivity index (χ0) is 12.4. The van der Waals surface area contributed by atoms with Gasteiger partial charge in [0, 0.05) is 15.9 Å². The first-order valence-corrected chi connectivity index (χ1v) is 6.49. The van der Waals surface area contributed by atoms with Gasteiger partial charge in [0.2, 0.25) is 0 Å². The van der Waals surface area contributed by atoms with E-state index in [-0.39, 0.29) is 4.88 Å². The molecule has 0 saturated carbocycles. The Hall–Kier alpha value is -1.33. The first kappa shape index (κ1) is 12.1. The second-order valence-electron chi connectivity index (χ2n) is 3.46. The van der Waals surface area contributed by atoms with Gasteiger partial charge in [-0.25, -0.2) is 4.79 Å². The predicted molar refractivity (Wildman–Crippen MR) is 70.2 cm³/mol. The molecule has 17 heavy (non-hydrogen) atoms. The lowest BCUT2D eigenvalue weighted by molar-refractivity contribution is 0.0702. The van der Waals surface area contributed by atoms with Crippen molar-refractivity contribution in [1.29, 1.82) is 0 Å². The Balaban J connectivity index is 2.25. The van der Waals surface area contributed by atoms with Crippen LogP contribution >= 0.6 is 27.3 Å². The normalized spacial score (nSPS) is 10.2. The first-order chi connectivity index (χ1) is 8.06. The average molecular weight is 313 g/mol. The molecule has 5 heteroatoms. The van der Waals surface area contributed by atoms with Crippen molar-refractivity contribution in [3.63, 3.8) is 0 Å². The standard InChI is InChI=1S/C12H9BrO3S/c1-7-2-3-8(13)4-10(7)16-9-5-11(12(14)15)17-6-9/h2-6H,1H3,(H,14,15). The van der Waals surface area contributed by atoms with Gasteiger partial charge in [-0.3, -0.25) is 0 Å². The number of ether oxygens (including phenoxy) is 1. The monoisotopic (exact) mass is 312 g/mol. The Kier molecular flexibility index (Phi) is 3.49. The van der Waals surface area contributed by atoms with Gasteiger partial charge in [-0.2, -0.15) is 0 Å². The third-order valence-corrected chi connectivity index (χ3v) is 3.55. The van der Waals surface area contributed by atoms with Crippen molar-refractivity contribution in [2.45, 2.75) is 6.92 Å². The molecule has 3 nitrogen and oxygen atoms in total. The number of carboxylic acid groups (broad SMARTS) is 1. The largest absolute Gasteiger partial charge is 0.477 e. The molecule has 0 bridgehead atoms. The molecule has 1 aromatic carbocycles. The predicted octanol–water partition coefficient (Wildman–Crippen LogP) is 4.31. The molecule has 1 aromatic heterocycles. The van der Waals surface area contributed by atoms with Gasteiger partial charge < -0.3 is 9.84 Å². The van der Waals surface area contributed by atoms with E-state index >= 15 is 0 Å². The number of halogens is 1. The van der Waals surface area contributed by atoms with E-state index in [2.05, 4.69) is 15.9 Å². The van der Waals surface area contributed by atoms with E-state index in [9.17, 15) is 4.79 Å². The topological polar surface area (TPSA) is 46.5 Å². The van der Waals surface area contributed by atoms with Crippen LogP contribution in [0.25, 0.3) is 0 Å². The molecule has 1 N–H and O–H groups in total. The molecule has 0 fully saturated rings. The fourth-order valence-corrected chi connectivity index (χ4v) is 2.28. The molecule has 0 aliphatic carbocycles. The van der Waals surface area contributed by atoms with Crippen LogP contribution in [-0.2, 0) is 0 Å². The fraction of sp³-hybridized carbons (Fsp3) is 0.0833. The summed E-state index contributed by atoms with van der Waals surface area (Å²) in [6.45, 7) is 1.94. The Morgan fingerprint density at radius 3 is 2.82 bits per heavy atom. The molecular weight excluding hydrogens is 304 g/mol. The van der Waals surface area contributed by atoms with Crippen molar-refractivity contribution in [2.75, 3.05) is 0 Å². The maximum Gasteiger partial charge on any atom is 0.346 e. The van der Waals surface area contributed by atoms with Gasteiger partial charge in [0.1, 0.15) is 16.4 Å². The van der Waals surface area contributed by atoms with Crippen LogP contribution in [0.2, 0.25) is 0 Å². The summed E-state index contributed by atoms with van der Waals surface area (Å²) in [5, 5.41) is 10.5. The third-order valence-electron chi connectivity index (χ3n) is 2.16. The first-order valence-electron chi connectivity index (χ1n) is 4.82. The number of aryl methyl sites for hydroxylation is 1. The maximum atomic E-state index is 10.7. The Labute approximate surface area is 111 Å². The molecule has 88 valence electrons. The van der Waals surface area contributed by atoms with Crippen LogP contribution in [-0.4, -0.2) is 11.1 Å². The summed E-state index contributed by atoms with van der Waals surface area (Å²) in [6, 6.07) is 7.24. The fourth-order valence-electron chi connectivity index (χ4n) is 1.30. The van der Waals surface area contributed by atoms with Crippen LogP contribution in [0.5, 0.6) is 11.5 Å². The maximum absolute atomic E-state index is 10.7. The number of benzene rings is 1. The highest BCUT2D eigenvalue weighted by Crippen LogP contribution is 2.30. The van der Waals surface area contributed by atoms with Crippen LogP contribution < -0.4 is 4.74 Å². The van der Waals surface area contributed by atoms with E-state index in [1.54, 1.807) is 5.38 Å². The zero-order valence-electron chi connectivity index (χ0n) is 8.94. The SMILES string of the molecule is Cc1ccc(Br)cc1Oc1csc(C(=O)O)c1. The van der Waals surface area contributed by atoms with Crippen LogP contribution in [0.1, 0.15) is 15.2 Å². The highest BCUT2D eigenvalue weighted by molar-refractivity contribution is 9.10. The Bertz CT molecular complexity index is 563. The summed E-state index contributed by atoms with van der Waals surface area (Å²) >= 11 is 4.52. The van der Waals surface area contributed by atoms with Crippen LogP contribution in [0.4, 0.5) is 0 Å².